The number of hydrazine groups is 1. The van der Waals surface area contributed by atoms with Gasteiger partial charge in [-0.05, 0) is 37.6 Å². The Balaban J connectivity index is 1.62. The molecular formula is C20H20ClN3O3. The molecule has 1 heterocycles. The molecule has 0 saturated carbocycles. The minimum Gasteiger partial charge on any atom is -0.311 e. The second-order valence-electron chi connectivity index (χ2n) is 6.62. The topological polar surface area (TPSA) is 78.5 Å². The van der Waals surface area contributed by atoms with Crippen molar-refractivity contribution in [3.05, 3.63) is 64.2 Å². The zero-order valence-corrected chi connectivity index (χ0v) is 15.8. The van der Waals surface area contributed by atoms with Crippen LogP contribution < -0.4 is 15.8 Å². The Hall–Kier alpha value is -2.86. The van der Waals surface area contributed by atoms with E-state index in [0.717, 1.165) is 16.8 Å². The third kappa shape index (κ3) is 4.11. The van der Waals surface area contributed by atoms with Gasteiger partial charge in [-0.1, -0.05) is 41.4 Å². The van der Waals surface area contributed by atoms with Crippen molar-refractivity contribution in [3.8, 4) is 0 Å². The molecule has 2 aromatic rings. The van der Waals surface area contributed by atoms with Gasteiger partial charge in [-0.2, -0.15) is 0 Å². The summed E-state index contributed by atoms with van der Waals surface area (Å²) in [7, 11) is 0. The third-order valence-electron chi connectivity index (χ3n) is 4.56. The molecule has 3 amide bonds. The van der Waals surface area contributed by atoms with Crippen molar-refractivity contribution in [2.24, 2.45) is 5.92 Å². The Labute approximate surface area is 162 Å². The minimum absolute atomic E-state index is 0.0983. The van der Waals surface area contributed by atoms with Crippen LogP contribution in [0.4, 0.5) is 5.69 Å². The van der Waals surface area contributed by atoms with Gasteiger partial charge in [0.2, 0.25) is 11.8 Å². The van der Waals surface area contributed by atoms with Gasteiger partial charge in [0.15, 0.2) is 0 Å². The molecule has 0 aromatic heterocycles. The highest BCUT2D eigenvalue weighted by atomic mass is 35.5. The largest absolute Gasteiger partial charge is 0.311 e. The van der Waals surface area contributed by atoms with Crippen LogP contribution in [0.2, 0.25) is 5.02 Å². The van der Waals surface area contributed by atoms with Crippen molar-refractivity contribution in [1.82, 2.24) is 10.9 Å². The maximum absolute atomic E-state index is 12.4. The molecule has 1 aliphatic heterocycles. The summed E-state index contributed by atoms with van der Waals surface area (Å²) in [6, 6.07) is 12.4. The van der Waals surface area contributed by atoms with Crippen LogP contribution in [-0.2, 0) is 9.59 Å². The van der Waals surface area contributed by atoms with E-state index in [0.29, 0.717) is 5.02 Å². The van der Waals surface area contributed by atoms with Crippen molar-refractivity contribution >= 4 is 35.0 Å². The van der Waals surface area contributed by atoms with E-state index in [-0.39, 0.29) is 24.4 Å². The average molecular weight is 386 g/mol. The van der Waals surface area contributed by atoms with Crippen molar-refractivity contribution in [1.29, 1.82) is 0 Å². The predicted octanol–water partition coefficient (Wildman–Crippen LogP) is 2.77. The monoisotopic (exact) mass is 385 g/mol. The number of hydrogen-bond donors (Lipinski definition) is 2. The molecule has 27 heavy (non-hydrogen) atoms. The van der Waals surface area contributed by atoms with Gasteiger partial charge in [0.1, 0.15) is 0 Å². The molecular weight excluding hydrogens is 366 g/mol. The van der Waals surface area contributed by atoms with Crippen LogP contribution in [0.15, 0.2) is 42.5 Å². The number of aryl methyl sites for hydroxylation is 2. The molecule has 0 spiro atoms. The first-order chi connectivity index (χ1) is 12.9. The molecule has 2 N–H and O–H groups in total. The van der Waals surface area contributed by atoms with Gasteiger partial charge in [-0.3, -0.25) is 25.2 Å². The molecule has 2 aromatic carbocycles. The Morgan fingerprint density at radius 2 is 1.85 bits per heavy atom. The molecule has 0 bridgehead atoms. The Morgan fingerprint density at radius 3 is 2.56 bits per heavy atom. The van der Waals surface area contributed by atoms with Crippen LogP contribution in [0, 0.1) is 19.8 Å². The summed E-state index contributed by atoms with van der Waals surface area (Å²) in [4.78, 5) is 38.5. The summed E-state index contributed by atoms with van der Waals surface area (Å²) in [6.07, 6.45) is 0.0983. The van der Waals surface area contributed by atoms with Crippen molar-refractivity contribution in [2.75, 3.05) is 11.4 Å². The van der Waals surface area contributed by atoms with Gasteiger partial charge >= 0.3 is 0 Å². The maximum Gasteiger partial charge on any atom is 0.271 e. The number of benzene rings is 2. The van der Waals surface area contributed by atoms with Crippen LogP contribution in [0.5, 0.6) is 0 Å². The first kappa shape index (κ1) is 18.9. The molecule has 1 fully saturated rings. The quantitative estimate of drug-likeness (QED) is 0.797. The first-order valence-corrected chi connectivity index (χ1v) is 8.97. The molecule has 1 saturated heterocycles. The predicted molar refractivity (Wildman–Crippen MR) is 103 cm³/mol. The van der Waals surface area contributed by atoms with E-state index in [9.17, 15) is 14.4 Å². The van der Waals surface area contributed by atoms with E-state index >= 15 is 0 Å². The molecule has 3 rings (SSSR count). The van der Waals surface area contributed by atoms with Crippen LogP contribution in [0.25, 0.3) is 0 Å². The summed E-state index contributed by atoms with van der Waals surface area (Å²) in [6.45, 7) is 4.20. The van der Waals surface area contributed by atoms with E-state index in [1.54, 1.807) is 29.2 Å². The number of nitrogens with zero attached hydrogens (tertiary/aromatic N) is 1. The lowest BCUT2D eigenvalue weighted by atomic mass is 10.1. The molecule has 1 atom stereocenters. The Kier molecular flexibility index (Phi) is 5.46. The number of amides is 3. The number of hydrogen-bond acceptors (Lipinski definition) is 3. The van der Waals surface area contributed by atoms with E-state index in [1.165, 1.54) is 0 Å². The Morgan fingerprint density at radius 1 is 1.11 bits per heavy atom. The van der Waals surface area contributed by atoms with Crippen molar-refractivity contribution in [3.63, 3.8) is 0 Å². The lowest BCUT2D eigenvalue weighted by Gasteiger charge is -2.19. The first-order valence-electron chi connectivity index (χ1n) is 8.59. The number of anilines is 1. The summed E-state index contributed by atoms with van der Waals surface area (Å²) in [5, 5.41) is 0.293. The molecule has 1 aliphatic rings. The lowest BCUT2D eigenvalue weighted by Crippen LogP contribution is -2.45. The second kappa shape index (κ2) is 7.80. The number of carbonyl (C=O) groups is 3. The fourth-order valence-corrected chi connectivity index (χ4v) is 3.38. The van der Waals surface area contributed by atoms with Gasteiger partial charge in [0.25, 0.3) is 5.91 Å². The van der Waals surface area contributed by atoms with E-state index in [4.69, 9.17) is 11.6 Å². The highest BCUT2D eigenvalue weighted by Gasteiger charge is 2.35. The van der Waals surface area contributed by atoms with Crippen LogP contribution >= 0.6 is 11.6 Å². The molecule has 0 radical (unpaired) electrons. The SMILES string of the molecule is Cc1ccc(N2C[C@H](C(=O)NNC(=O)c3ccccc3Cl)CC2=O)c(C)c1. The van der Waals surface area contributed by atoms with Gasteiger partial charge in [-0.25, -0.2) is 0 Å². The van der Waals surface area contributed by atoms with Crippen molar-refractivity contribution < 1.29 is 14.4 Å². The summed E-state index contributed by atoms with van der Waals surface area (Å²) < 4.78 is 0. The number of carbonyl (C=O) groups excluding carboxylic acids is 3. The van der Waals surface area contributed by atoms with Gasteiger partial charge < -0.3 is 4.90 Å². The number of halogens is 1. The average Bonchev–Trinajstić information content (AvgIpc) is 3.01. The third-order valence-corrected chi connectivity index (χ3v) is 4.89. The van der Waals surface area contributed by atoms with Crippen LogP contribution in [0.3, 0.4) is 0 Å². The molecule has 140 valence electrons. The second-order valence-corrected chi connectivity index (χ2v) is 7.03. The molecule has 6 nitrogen and oxygen atoms in total. The minimum atomic E-state index is -0.537. The molecule has 0 unspecified atom stereocenters. The van der Waals surface area contributed by atoms with E-state index < -0.39 is 17.7 Å². The van der Waals surface area contributed by atoms with Gasteiger partial charge in [0.05, 0.1) is 16.5 Å². The number of rotatable bonds is 3. The molecule has 0 aliphatic carbocycles. The van der Waals surface area contributed by atoms with E-state index in [1.807, 2.05) is 32.0 Å². The highest BCUT2D eigenvalue weighted by molar-refractivity contribution is 6.33. The number of nitrogens with one attached hydrogen (secondary N) is 2. The van der Waals surface area contributed by atoms with Crippen LogP contribution in [0.1, 0.15) is 27.9 Å². The van der Waals surface area contributed by atoms with Crippen molar-refractivity contribution in [2.45, 2.75) is 20.3 Å². The normalized spacial score (nSPS) is 16.3. The van der Waals surface area contributed by atoms with Gasteiger partial charge in [0, 0.05) is 18.7 Å². The highest BCUT2D eigenvalue weighted by Crippen LogP contribution is 2.28. The standard InChI is InChI=1S/C20H20ClN3O3/c1-12-7-8-17(13(2)9-12)24-11-14(10-18(24)25)19(26)22-23-20(27)15-5-3-4-6-16(15)21/h3-9,14H,10-11H2,1-2H3,(H,22,26)(H,23,27)/t14-/m1/s1. The Bertz CT molecular complexity index is 913. The molecule has 7 heteroatoms. The van der Waals surface area contributed by atoms with Gasteiger partial charge in [-0.15, -0.1) is 0 Å². The van der Waals surface area contributed by atoms with E-state index in [2.05, 4.69) is 10.9 Å². The summed E-state index contributed by atoms with van der Waals surface area (Å²) >= 11 is 5.97. The zero-order chi connectivity index (χ0) is 19.6. The zero-order valence-electron chi connectivity index (χ0n) is 15.1. The summed E-state index contributed by atoms with van der Waals surface area (Å²) in [5.74, 6) is -1.56. The van der Waals surface area contributed by atoms with Crippen LogP contribution in [-0.4, -0.2) is 24.3 Å². The fraction of sp³-hybridized carbons (Fsp3) is 0.250. The lowest BCUT2D eigenvalue weighted by molar-refractivity contribution is -0.126. The smallest absolute Gasteiger partial charge is 0.271 e. The maximum atomic E-state index is 12.4. The summed E-state index contributed by atoms with van der Waals surface area (Å²) in [5.41, 5.74) is 7.91. The fourth-order valence-electron chi connectivity index (χ4n) is 3.16.